The zero-order valence-electron chi connectivity index (χ0n) is 21.9. The Morgan fingerprint density at radius 1 is 1.00 bits per heavy atom. The number of amides is 2. The first-order valence-electron chi connectivity index (χ1n) is 12.4. The number of likely N-dealkylation sites (N-methyl/N-ethyl adjacent to an activating group) is 1. The zero-order valence-corrected chi connectivity index (χ0v) is 23.5. The molecule has 8 nitrogen and oxygen atoms in total. The molecule has 3 aromatic rings. The number of nitrogens with zero attached hydrogens (tertiary/aromatic N) is 2. The van der Waals surface area contributed by atoms with Crippen LogP contribution in [0.4, 0.5) is 10.1 Å². The van der Waals surface area contributed by atoms with Gasteiger partial charge in [-0.15, -0.1) is 0 Å². The Morgan fingerprint density at radius 2 is 1.64 bits per heavy atom. The first-order valence-corrected chi connectivity index (χ1v) is 14.2. The first-order chi connectivity index (χ1) is 18.6. The highest BCUT2D eigenvalue weighted by Gasteiger charge is 2.33. The molecule has 0 aliphatic carbocycles. The fourth-order valence-corrected chi connectivity index (χ4v) is 5.64. The van der Waals surface area contributed by atoms with Gasteiger partial charge < -0.3 is 15.0 Å². The zero-order chi connectivity index (χ0) is 28.6. The van der Waals surface area contributed by atoms with E-state index in [1.54, 1.807) is 43.3 Å². The summed E-state index contributed by atoms with van der Waals surface area (Å²) >= 11 is 6.35. The minimum atomic E-state index is -4.31. The van der Waals surface area contributed by atoms with E-state index in [0.717, 1.165) is 28.6 Å². The second-order valence-corrected chi connectivity index (χ2v) is 10.8. The molecule has 11 heteroatoms. The topological polar surface area (TPSA) is 96.0 Å². The molecular formula is C28H31ClFN3O5S. The SMILES string of the molecule is CCOc1ccc(N(CC(=O)N(Cc2ccccc2Cl)[C@H](CC)C(=O)NC)S(=O)(=O)c2ccc(F)cc2)cc1. The van der Waals surface area contributed by atoms with Crippen LogP contribution in [0.5, 0.6) is 5.75 Å². The minimum absolute atomic E-state index is 0.0157. The maximum atomic E-state index is 13.9. The molecule has 0 spiro atoms. The average molecular weight is 576 g/mol. The van der Waals surface area contributed by atoms with Crippen molar-refractivity contribution in [2.45, 2.75) is 37.8 Å². The maximum absolute atomic E-state index is 13.9. The Kier molecular flexibility index (Phi) is 10.3. The van der Waals surface area contributed by atoms with Crippen molar-refractivity contribution in [3.63, 3.8) is 0 Å². The minimum Gasteiger partial charge on any atom is -0.494 e. The van der Waals surface area contributed by atoms with Crippen molar-refractivity contribution in [1.29, 1.82) is 0 Å². The summed E-state index contributed by atoms with van der Waals surface area (Å²) in [6.45, 7) is 3.36. The largest absolute Gasteiger partial charge is 0.494 e. The molecule has 0 saturated carbocycles. The normalized spacial score (nSPS) is 11.9. The molecule has 0 aromatic heterocycles. The summed E-state index contributed by atoms with van der Waals surface area (Å²) in [5, 5.41) is 2.98. The third kappa shape index (κ3) is 7.27. The second-order valence-electron chi connectivity index (χ2n) is 8.54. The van der Waals surface area contributed by atoms with E-state index >= 15 is 0 Å². The third-order valence-electron chi connectivity index (χ3n) is 6.05. The molecule has 0 fully saturated rings. The van der Waals surface area contributed by atoms with E-state index in [2.05, 4.69) is 5.32 Å². The van der Waals surface area contributed by atoms with Gasteiger partial charge in [-0.05, 0) is 73.5 Å². The fourth-order valence-electron chi connectivity index (χ4n) is 4.03. The lowest BCUT2D eigenvalue weighted by atomic mass is 10.1. The number of carbonyl (C=O) groups excluding carboxylic acids is 2. The monoisotopic (exact) mass is 575 g/mol. The number of nitrogens with one attached hydrogen (secondary N) is 1. The molecule has 0 aliphatic heterocycles. The molecule has 39 heavy (non-hydrogen) atoms. The van der Waals surface area contributed by atoms with Gasteiger partial charge in [0, 0.05) is 18.6 Å². The lowest BCUT2D eigenvalue weighted by Gasteiger charge is -2.33. The summed E-state index contributed by atoms with van der Waals surface area (Å²) in [6.07, 6.45) is 0.281. The van der Waals surface area contributed by atoms with Crippen LogP contribution < -0.4 is 14.4 Å². The highest BCUT2D eigenvalue weighted by atomic mass is 35.5. The third-order valence-corrected chi connectivity index (χ3v) is 8.20. The number of benzene rings is 3. The second kappa shape index (κ2) is 13.4. The van der Waals surface area contributed by atoms with Crippen LogP contribution in [0.15, 0.2) is 77.7 Å². The summed E-state index contributed by atoms with van der Waals surface area (Å²) in [6, 6.07) is 16.6. The Labute approximate surface area is 233 Å². The number of anilines is 1. The maximum Gasteiger partial charge on any atom is 0.264 e. The van der Waals surface area contributed by atoms with Gasteiger partial charge in [-0.25, -0.2) is 12.8 Å². The predicted molar refractivity (Wildman–Crippen MR) is 149 cm³/mol. The molecule has 0 bridgehead atoms. The van der Waals surface area contributed by atoms with Gasteiger partial charge in [0.2, 0.25) is 11.8 Å². The van der Waals surface area contributed by atoms with Gasteiger partial charge in [-0.3, -0.25) is 13.9 Å². The Balaban J connectivity index is 2.07. The molecule has 1 atom stereocenters. The molecule has 2 amide bonds. The number of hydrogen-bond acceptors (Lipinski definition) is 5. The van der Waals surface area contributed by atoms with Gasteiger partial charge in [0.25, 0.3) is 10.0 Å². The lowest BCUT2D eigenvalue weighted by Crippen LogP contribution is -2.51. The van der Waals surface area contributed by atoms with Crippen molar-refractivity contribution in [1.82, 2.24) is 10.2 Å². The highest BCUT2D eigenvalue weighted by molar-refractivity contribution is 7.92. The van der Waals surface area contributed by atoms with E-state index < -0.39 is 40.2 Å². The summed E-state index contributed by atoms with van der Waals surface area (Å²) in [7, 11) is -2.85. The standard InChI is InChI=1S/C28H31ClFN3O5S/c1-4-26(28(35)31-3)32(18-20-8-6-7-9-25(20)29)27(34)19-33(22-12-14-23(15-13-22)38-5-2)39(36,37)24-16-10-21(30)11-17-24/h6-17,26H,4-5,18-19H2,1-3H3,(H,31,35)/t26-/m1/s1. The molecule has 1 N–H and O–H groups in total. The Hall–Kier alpha value is -3.63. The highest BCUT2D eigenvalue weighted by Crippen LogP contribution is 2.27. The van der Waals surface area contributed by atoms with Crippen LogP contribution in [-0.2, 0) is 26.2 Å². The van der Waals surface area contributed by atoms with Gasteiger partial charge in [0.15, 0.2) is 0 Å². The quantitative estimate of drug-likeness (QED) is 0.340. The molecule has 0 radical (unpaired) electrons. The van der Waals surface area contributed by atoms with Gasteiger partial charge in [0.05, 0.1) is 17.2 Å². The number of halogens is 2. The summed E-state index contributed by atoms with van der Waals surface area (Å²) in [4.78, 5) is 27.8. The van der Waals surface area contributed by atoms with Crippen LogP contribution in [0.25, 0.3) is 0 Å². The van der Waals surface area contributed by atoms with Crippen LogP contribution >= 0.6 is 11.6 Å². The van der Waals surface area contributed by atoms with Crippen LogP contribution in [0, 0.1) is 5.82 Å². The summed E-state index contributed by atoms with van der Waals surface area (Å²) < 4.78 is 47.5. The molecule has 208 valence electrons. The number of sulfonamides is 1. The van der Waals surface area contributed by atoms with Crippen LogP contribution in [0.2, 0.25) is 5.02 Å². The van der Waals surface area contributed by atoms with E-state index in [1.807, 2.05) is 6.92 Å². The van der Waals surface area contributed by atoms with Crippen molar-refractivity contribution in [3.05, 3.63) is 89.2 Å². The number of carbonyl (C=O) groups is 2. The van der Waals surface area contributed by atoms with Gasteiger partial charge >= 0.3 is 0 Å². The van der Waals surface area contributed by atoms with Gasteiger partial charge in [-0.2, -0.15) is 0 Å². The summed E-state index contributed by atoms with van der Waals surface area (Å²) in [5.41, 5.74) is 0.797. The van der Waals surface area contributed by atoms with E-state index in [0.29, 0.717) is 22.9 Å². The van der Waals surface area contributed by atoms with E-state index in [-0.39, 0.29) is 23.5 Å². The number of hydrogen-bond donors (Lipinski definition) is 1. The number of ether oxygens (including phenoxy) is 1. The first kappa shape index (κ1) is 29.9. The van der Waals surface area contributed by atoms with Crippen LogP contribution in [-0.4, -0.2) is 51.4 Å². The Morgan fingerprint density at radius 3 is 2.21 bits per heavy atom. The van der Waals surface area contributed by atoms with Crippen LogP contribution in [0.1, 0.15) is 25.8 Å². The van der Waals surface area contributed by atoms with Gasteiger partial charge in [0.1, 0.15) is 24.2 Å². The Bertz CT molecular complexity index is 1390. The van der Waals surface area contributed by atoms with E-state index in [4.69, 9.17) is 16.3 Å². The van der Waals surface area contributed by atoms with E-state index in [1.165, 1.54) is 24.1 Å². The van der Waals surface area contributed by atoms with Crippen LogP contribution in [0.3, 0.4) is 0 Å². The predicted octanol–water partition coefficient (Wildman–Crippen LogP) is 4.63. The van der Waals surface area contributed by atoms with Crippen molar-refractivity contribution >= 4 is 39.1 Å². The molecule has 0 heterocycles. The molecule has 0 aliphatic rings. The van der Waals surface area contributed by atoms with Gasteiger partial charge in [-0.1, -0.05) is 36.7 Å². The number of rotatable bonds is 12. The van der Waals surface area contributed by atoms with Crippen molar-refractivity contribution < 1.29 is 27.1 Å². The van der Waals surface area contributed by atoms with Crippen molar-refractivity contribution in [3.8, 4) is 5.75 Å². The smallest absolute Gasteiger partial charge is 0.264 e. The molecule has 3 rings (SSSR count). The lowest BCUT2D eigenvalue weighted by molar-refractivity contribution is -0.140. The average Bonchev–Trinajstić information content (AvgIpc) is 2.93. The molecule has 0 saturated heterocycles. The fraction of sp³-hybridized carbons (Fsp3) is 0.286. The summed E-state index contributed by atoms with van der Waals surface area (Å²) in [5.74, 6) is -1.09. The van der Waals surface area contributed by atoms with Crippen molar-refractivity contribution in [2.24, 2.45) is 0 Å². The van der Waals surface area contributed by atoms with E-state index in [9.17, 15) is 22.4 Å². The van der Waals surface area contributed by atoms with Crippen molar-refractivity contribution in [2.75, 3.05) is 24.5 Å². The molecular weight excluding hydrogens is 545 g/mol. The molecule has 0 unspecified atom stereocenters. The molecule has 3 aromatic carbocycles.